The van der Waals surface area contributed by atoms with Gasteiger partial charge in [-0.2, -0.15) is 0 Å². The molecule has 0 fully saturated rings. The summed E-state index contributed by atoms with van der Waals surface area (Å²) in [5.41, 5.74) is 4.12. The average molecular weight is 237 g/mol. The molecule has 0 aliphatic heterocycles. The first kappa shape index (κ1) is 13.3. The van der Waals surface area contributed by atoms with Crippen LogP contribution >= 0.6 is 11.6 Å². The fourth-order valence-electron chi connectivity index (χ4n) is 1.55. The Kier molecular flexibility index (Phi) is 4.61. The molecule has 1 heteroatoms. The topological polar surface area (TPSA) is 0 Å². The number of benzene rings is 1. The van der Waals surface area contributed by atoms with E-state index in [1.165, 1.54) is 16.7 Å². The summed E-state index contributed by atoms with van der Waals surface area (Å²) in [6, 6.07) is 8.74. The summed E-state index contributed by atoms with van der Waals surface area (Å²) in [5, 5.41) is 0. The van der Waals surface area contributed by atoms with E-state index < -0.39 is 0 Å². The zero-order valence-electron chi connectivity index (χ0n) is 10.7. The Bertz CT molecular complexity index is 346. The molecule has 0 saturated carbocycles. The van der Waals surface area contributed by atoms with Crippen molar-refractivity contribution >= 4 is 17.7 Å². The van der Waals surface area contributed by atoms with Gasteiger partial charge in [0.15, 0.2) is 0 Å². The van der Waals surface area contributed by atoms with Crippen LogP contribution in [-0.4, -0.2) is 5.88 Å². The van der Waals surface area contributed by atoms with Crippen molar-refractivity contribution in [1.82, 2.24) is 0 Å². The molecule has 0 saturated heterocycles. The van der Waals surface area contributed by atoms with Crippen molar-refractivity contribution in [1.29, 1.82) is 0 Å². The van der Waals surface area contributed by atoms with Crippen molar-refractivity contribution in [2.45, 2.75) is 39.5 Å². The maximum absolute atomic E-state index is 5.85. The van der Waals surface area contributed by atoms with E-state index in [0.29, 0.717) is 5.88 Å². The van der Waals surface area contributed by atoms with Crippen molar-refractivity contribution in [3.63, 3.8) is 0 Å². The summed E-state index contributed by atoms with van der Waals surface area (Å²) >= 11 is 5.85. The fraction of sp³-hybridized carbons (Fsp3) is 0.467. The van der Waals surface area contributed by atoms with Gasteiger partial charge < -0.3 is 0 Å². The summed E-state index contributed by atoms with van der Waals surface area (Å²) in [7, 11) is 0. The second-order valence-corrected chi connectivity index (χ2v) is 5.43. The molecule has 0 N–H and O–H groups in total. The van der Waals surface area contributed by atoms with E-state index in [9.17, 15) is 0 Å². The summed E-state index contributed by atoms with van der Waals surface area (Å²) in [4.78, 5) is 0. The van der Waals surface area contributed by atoms with Crippen LogP contribution < -0.4 is 0 Å². The van der Waals surface area contributed by atoms with Gasteiger partial charge in [0.25, 0.3) is 0 Å². The standard InChI is InChI=1S/C15H21Cl/c1-5-12(11-16)10-13-6-8-14(9-7-13)15(2,3)4/h6-10H,5,11H2,1-4H3. The minimum Gasteiger partial charge on any atom is -0.122 e. The molecule has 0 aliphatic rings. The van der Waals surface area contributed by atoms with Crippen LogP contribution in [0.4, 0.5) is 0 Å². The average Bonchev–Trinajstić information content (AvgIpc) is 2.25. The Morgan fingerprint density at radius 3 is 2.12 bits per heavy atom. The van der Waals surface area contributed by atoms with E-state index in [4.69, 9.17) is 11.6 Å². The van der Waals surface area contributed by atoms with Crippen molar-refractivity contribution in [3.05, 3.63) is 41.0 Å². The first-order valence-corrected chi connectivity index (χ1v) is 6.36. The quantitative estimate of drug-likeness (QED) is 0.647. The summed E-state index contributed by atoms with van der Waals surface area (Å²) in [6.45, 7) is 8.83. The van der Waals surface area contributed by atoms with Gasteiger partial charge in [-0.15, -0.1) is 11.6 Å². The molecule has 1 aromatic carbocycles. The molecule has 0 spiro atoms. The lowest BCUT2D eigenvalue weighted by atomic mass is 9.86. The van der Waals surface area contributed by atoms with Crippen LogP contribution in [0.5, 0.6) is 0 Å². The van der Waals surface area contributed by atoms with E-state index in [1.54, 1.807) is 0 Å². The lowest BCUT2D eigenvalue weighted by Gasteiger charge is -2.18. The normalized spacial score (nSPS) is 12.9. The Morgan fingerprint density at radius 2 is 1.75 bits per heavy atom. The Balaban J connectivity index is 2.91. The van der Waals surface area contributed by atoms with Gasteiger partial charge in [0, 0.05) is 5.88 Å². The van der Waals surface area contributed by atoms with Crippen LogP contribution in [0.25, 0.3) is 6.08 Å². The van der Waals surface area contributed by atoms with Crippen LogP contribution in [0, 0.1) is 0 Å². The summed E-state index contributed by atoms with van der Waals surface area (Å²) in [5.74, 6) is 0.623. The first-order chi connectivity index (χ1) is 7.47. The highest BCUT2D eigenvalue weighted by Gasteiger charge is 2.12. The molecule has 1 rings (SSSR count). The molecule has 0 amide bonds. The van der Waals surface area contributed by atoms with E-state index in [0.717, 1.165) is 6.42 Å². The lowest BCUT2D eigenvalue weighted by molar-refractivity contribution is 0.590. The van der Waals surface area contributed by atoms with Crippen molar-refractivity contribution < 1.29 is 0 Å². The predicted octanol–water partition coefficient (Wildman–Crippen LogP) is 5.02. The van der Waals surface area contributed by atoms with Gasteiger partial charge >= 0.3 is 0 Å². The monoisotopic (exact) mass is 236 g/mol. The Labute approximate surface area is 104 Å². The molecule has 0 aromatic heterocycles. The van der Waals surface area contributed by atoms with Crippen LogP contribution in [0.3, 0.4) is 0 Å². The SMILES string of the molecule is CCC(=Cc1ccc(C(C)(C)C)cc1)CCl. The molecule has 0 heterocycles. The van der Waals surface area contributed by atoms with Crippen LogP contribution in [-0.2, 0) is 5.41 Å². The highest BCUT2D eigenvalue weighted by atomic mass is 35.5. The number of hydrogen-bond donors (Lipinski definition) is 0. The Morgan fingerprint density at radius 1 is 1.19 bits per heavy atom. The van der Waals surface area contributed by atoms with Crippen molar-refractivity contribution in [2.75, 3.05) is 5.88 Å². The largest absolute Gasteiger partial charge is 0.122 e. The van der Waals surface area contributed by atoms with Gasteiger partial charge in [0.05, 0.1) is 0 Å². The third-order valence-corrected chi connectivity index (χ3v) is 3.12. The summed E-state index contributed by atoms with van der Waals surface area (Å²) < 4.78 is 0. The molecule has 0 nitrogen and oxygen atoms in total. The second-order valence-electron chi connectivity index (χ2n) is 5.16. The molecule has 88 valence electrons. The molecule has 16 heavy (non-hydrogen) atoms. The molecule has 0 bridgehead atoms. The molecular weight excluding hydrogens is 216 g/mol. The minimum absolute atomic E-state index is 0.225. The van der Waals surface area contributed by atoms with Gasteiger partial charge in [-0.05, 0) is 23.0 Å². The van der Waals surface area contributed by atoms with E-state index in [-0.39, 0.29) is 5.41 Å². The number of hydrogen-bond acceptors (Lipinski definition) is 0. The zero-order chi connectivity index (χ0) is 12.2. The van der Waals surface area contributed by atoms with Crippen LogP contribution in [0.2, 0.25) is 0 Å². The van der Waals surface area contributed by atoms with Gasteiger partial charge in [0.1, 0.15) is 0 Å². The predicted molar refractivity (Wildman–Crippen MR) is 74.1 cm³/mol. The van der Waals surface area contributed by atoms with Crippen molar-refractivity contribution in [3.8, 4) is 0 Å². The van der Waals surface area contributed by atoms with E-state index in [2.05, 4.69) is 58.0 Å². The molecular formula is C15H21Cl. The molecule has 0 unspecified atom stereocenters. The zero-order valence-corrected chi connectivity index (χ0v) is 11.4. The van der Waals surface area contributed by atoms with Gasteiger partial charge in [-0.1, -0.05) is 63.6 Å². The number of halogens is 1. The number of allylic oxidation sites excluding steroid dienone is 1. The lowest BCUT2D eigenvalue weighted by Crippen LogP contribution is -2.10. The fourth-order valence-corrected chi connectivity index (χ4v) is 1.82. The maximum Gasteiger partial charge on any atom is 0.0436 e. The maximum atomic E-state index is 5.85. The molecule has 0 atom stereocenters. The minimum atomic E-state index is 0.225. The first-order valence-electron chi connectivity index (χ1n) is 5.83. The third-order valence-electron chi connectivity index (χ3n) is 2.77. The second kappa shape index (κ2) is 5.54. The van der Waals surface area contributed by atoms with E-state index in [1.807, 2.05) is 0 Å². The third kappa shape index (κ3) is 3.68. The highest BCUT2D eigenvalue weighted by molar-refractivity contribution is 6.19. The van der Waals surface area contributed by atoms with Crippen molar-refractivity contribution in [2.24, 2.45) is 0 Å². The molecule has 0 radical (unpaired) electrons. The van der Waals surface area contributed by atoms with Gasteiger partial charge in [-0.3, -0.25) is 0 Å². The van der Waals surface area contributed by atoms with Crippen LogP contribution in [0.1, 0.15) is 45.2 Å². The number of rotatable bonds is 3. The van der Waals surface area contributed by atoms with Gasteiger partial charge in [0.2, 0.25) is 0 Å². The van der Waals surface area contributed by atoms with E-state index >= 15 is 0 Å². The number of alkyl halides is 1. The Hall–Kier alpha value is -0.750. The smallest absolute Gasteiger partial charge is 0.0436 e. The van der Waals surface area contributed by atoms with Gasteiger partial charge in [-0.25, -0.2) is 0 Å². The van der Waals surface area contributed by atoms with Crippen LogP contribution in [0.15, 0.2) is 29.8 Å². The highest BCUT2D eigenvalue weighted by Crippen LogP contribution is 2.23. The summed E-state index contributed by atoms with van der Waals surface area (Å²) in [6.07, 6.45) is 3.20. The molecule has 1 aromatic rings. The molecule has 0 aliphatic carbocycles.